The van der Waals surface area contributed by atoms with Crippen LogP contribution in [0.3, 0.4) is 0 Å². The lowest BCUT2D eigenvalue weighted by atomic mass is 9.91. The second-order valence-electron chi connectivity index (χ2n) is 3.81. The average molecular weight is 226 g/mol. The topological polar surface area (TPSA) is 80.9 Å². The molecule has 1 amide bonds. The zero-order valence-electron chi connectivity index (χ0n) is 8.35. The van der Waals surface area contributed by atoms with E-state index in [9.17, 15) is 4.79 Å². The van der Waals surface area contributed by atoms with Crippen LogP contribution in [0.1, 0.15) is 35.4 Å². The van der Waals surface area contributed by atoms with Gasteiger partial charge in [-0.25, -0.2) is 0 Å². The van der Waals surface area contributed by atoms with Crippen LogP contribution in [0.25, 0.3) is 0 Å². The minimum absolute atomic E-state index is 0.0866. The van der Waals surface area contributed by atoms with Crippen molar-refractivity contribution in [3.8, 4) is 0 Å². The molecule has 0 radical (unpaired) electrons. The average Bonchev–Trinajstić information content (AvgIpc) is 2.74. The van der Waals surface area contributed by atoms with E-state index in [2.05, 4.69) is 14.9 Å². The van der Waals surface area contributed by atoms with Crippen molar-refractivity contribution in [2.24, 2.45) is 5.73 Å². The van der Waals surface area contributed by atoms with Crippen LogP contribution < -0.4 is 11.1 Å². The van der Waals surface area contributed by atoms with Crippen molar-refractivity contribution in [2.45, 2.75) is 37.8 Å². The SMILES string of the molecule is N[C@@H]1CCCC[C@H]1NC(=O)c1cnns1. The Hall–Kier alpha value is -1.01. The van der Waals surface area contributed by atoms with Crippen LogP contribution in [0.2, 0.25) is 0 Å². The third-order valence-corrected chi connectivity index (χ3v) is 3.38. The Bertz CT molecular complexity index is 327. The van der Waals surface area contributed by atoms with Crippen LogP contribution in [0, 0.1) is 0 Å². The zero-order chi connectivity index (χ0) is 10.7. The lowest BCUT2D eigenvalue weighted by Crippen LogP contribution is -2.49. The number of nitrogens with two attached hydrogens (primary N) is 1. The smallest absolute Gasteiger partial charge is 0.264 e. The van der Waals surface area contributed by atoms with E-state index < -0.39 is 0 Å². The predicted molar refractivity (Wildman–Crippen MR) is 57.6 cm³/mol. The molecule has 3 N–H and O–H groups in total. The molecule has 2 rings (SSSR count). The Morgan fingerprint density at radius 2 is 2.33 bits per heavy atom. The quantitative estimate of drug-likeness (QED) is 0.771. The molecule has 1 aliphatic rings. The second-order valence-corrected chi connectivity index (χ2v) is 4.60. The minimum Gasteiger partial charge on any atom is -0.347 e. The van der Waals surface area contributed by atoms with Gasteiger partial charge >= 0.3 is 0 Å². The molecule has 1 aromatic heterocycles. The van der Waals surface area contributed by atoms with Gasteiger partial charge in [-0.2, -0.15) is 0 Å². The van der Waals surface area contributed by atoms with E-state index in [1.165, 1.54) is 6.20 Å². The molecular formula is C9H14N4OS. The summed E-state index contributed by atoms with van der Waals surface area (Å²) in [6.07, 6.45) is 5.74. The molecule has 0 bridgehead atoms. The van der Waals surface area contributed by atoms with Crippen molar-refractivity contribution in [1.29, 1.82) is 0 Å². The Kier molecular flexibility index (Phi) is 3.27. The van der Waals surface area contributed by atoms with Gasteiger partial charge < -0.3 is 11.1 Å². The van der Waals surface area contributed by atoms with E-state index in [1.807, 2.05) is 0 Å². The fourth-order valence-corrected chi connectivity index (χ4v) is 2.26. The first-order chi connectivity index (χ1) is 7.27. The fourth-order valence-electron chi connectivity index (χ4n) is 1.85. The fraction of sp³-hybridized carbons (Fsp3) is 0.667. The number of aromatic nitrogens is 2. The van der Waals surface area contributed by atoms with Gasteiger partial charge in [-0.15, -0.1) is 5.10 Å². The molecule has 15 heavy (non-hydrogen) atoms. The number of carbonyl (C=O) groups is 1. The molecule has 0 aromatic carbocycles. The Labute approximate surface area is 92.2 Å². The summed E-state index contributed by atoms with van der Waals surface area (Å²) in [7, 11) is 0. The lowest BCUT2D eigenvalue weighted by molar-refractivity contribution is 0.0925. The monoisotopic (exact) mass is 226 g/mol. The maximum Gasteiger partial charge on any atom is 0.264 e. The molecule has 0 aliphatic heterocycles. The molecule has 6 heteroatoms. The first-order valence-electron chi connectivity index (χ1n) is 5.11. The van der Waals surface area contributed by atoms with Gasteiger partial charge in [0.2, 0.25) is 0 Å². The van der Waals surface area contributed by atoms with Crippen LogP contribution in [0.15, 0.2) is 6.20 Å². The van der Waals surface area contributed by atoms with Gasteiger partial charge in [0.25, 0.3) is 5.91 Å². The molecule has 1 aliphatic carbocycles. The van der Waals surface area contributed by atoms with Crippen molar-refractivity contribution in [3.05, 3.63) is 11.1 Å². The van der Waals surface area contributed by atoms with Crippen molar-refractivity contribution < 1.29 is 4.79 Å². The normalized spacial score (nSPS) is 26.2. The number of nitrogens with one attached hydrogen (secondary N) is 1. The molecule has 1 aromatic rings. The molecule has 0 spiro atoms. The van der Waals surface area contributed by atoms with Crippen LogP contribution in [0.4, 0.5) is 0 Å². The Morgan fingerprint density at radius 1 is 1.53 bits per heavy atom. The van der Waals surface area contributed by atoms with Gasteiger partial charge in [0, 0.05) is 12.1 Å². The molecule has 1 heterocycles. The van der Waals surface area contributed by atoms with Crippen molar-refractivity contribution >= 4 is 17.4 Å². The number of hydrogen-bond donors (Lipinski definition) is 2. The van der Waals surface area contributed by atoms with E-state index in [-0.39, 0.29) is 18.0 Å². The van der Waals surface area contributed by atoms with Crippen LogP contribution >= 0.6 is 11.5 Å². The third kappa shape index (κ3) is 2.51. The largest absolute Gasteiger partial charge is 0.347 e. The van der Waals surface area contributed by atoms with Gasteiger partial charge in [-0.05, 0) is 24.4 Å². The van der Waals surface area contributed by atoms with Gasteiger partial charge in [0.1, 0.15) is 4.88 Å². The molecule has 0 saturated heterocycles. The predicted octanol–water partition coefficient (Wildman–Crippen LogP) is 0.538. The lowest BCUT2D eigenvalue weighted by Gasteiger charge is -2.28. The molecule has 0 unspecified atom stereocenters. The highest BCUT2D eigenvalue weighted by Gasteiger charge is 2.24. The molecule has 1 fully saturated rings. The number of rotatable bonds is 2. The summed E-state index contributed by atoms with van der Waals surface area (Å²) >= 11 is 1.11. The highest BCUT2D eigenvalue weighted by Crippen LogP contribution is 2.17. The van der Waals surface area contributed by atoms with E-state index in [0.29, 0.717) is 4.88 Å². The van der Waals surface area contributed by atoms with Crippen molar-refractivity contribution in [2.75, 3.05) is 0 Å². The highest BCUT2D eigenvalue weighted by atomic mass is 32.1. The van der Waals surface area contributed by atoms with Crippen molar-refractivity contribution in [1.82, 2.24) is 14.9 Å². The molecule has 1 saturated carbocycles. The summed E-state index contributed by atoms with van der Waals surface area (Å²) in [5, 5.41) is 6.57. The molecular weight excluding hydrogens is 212 g/mol. The first kappa shape index (κ1) is 10.5. The molecule has 2 atom stereocenters. The van der Waals surface area contributed by atoms with Gasteiger partial charge in [-0.1, -0.05) is 17.3 Å². The summed E-state index contributed by atoms with van der Waals surface area (Å²) in [5.74, 6) is -0.104. The third-order valence-electron chi connectivity index (χ3n) is 2.72. The number of nitrogens with zero attached hydrogens (tertiary/aromatic N) is 2. The molecule has 5 nitrogen and oxygen atoms in total. The second kappa shape index (κ2) is 4.67. The van der Waals surface area contributed by atoms with Gasteiger partial charge in [-0.3, -0.25) is 4.79 Å². The maximum absolute atomic E-state index is 11.7. The van der Waals surface area contributed by atoms with Crippen LogP contribution in [-0.4, -0.2) is 27.6 Å². The van der Waals surface area contributed by atoms with E-state index >= 15 is 0 Å². The summed E-state index contributed by atoms with van der Waals surface area (Å²) in [6.45, 7) is 0. The standard InChI is InChI=1S/C9H14N4OS/c10-6-3-1-2-4-7(6)12-9(14)8-5-11-13-15-8/h5-7H,1-4,10H2,(H,12,14)/t6-,7-/m1/s1. The Balaban J connectivity index is 1.93. The van der Waals surface area contributed by atoms with Gasteiger partial charge in [0.15, 0.2) is 0 Å². The molecule has 82 valence electrons. The highest BCUT2D eigenvalue weighted by molar-refractivity contribution is 7.07. The van der Waals surface area contributed by atoms with Gasteiger partial charge in [0.05, 0.1) is 6.20 Å². The summed E-state index contributed by atoms with van der Waals surface area (Å²) in [5.41, 5.74) is 5.94. The first-order valence-corrected chi connectivity index (χ1v) is 5.88. The van der Waals surface area contributed by atoms with Crippen LogP contribution in [0.5, 0.6) is 0 Å². The van der Waals surface area contributed by atoms with Crippen LogP contribution in [-0.2, 0) is 0 Å². The zero-order valence-corrected chi connectivity index (χ0v) is 9.17. The number of carbonyl (C=O) groups excluding carboxylic acids is 1. The summed E-state index contributed by atoms with van der Waals surface area (Å²) in [6, 6.07) is 0.192. The summed E-state index contributed by atoms with van der Waals surface area (Å²) in [4.78, 5) is 12.2. The van der Waals surface area contributed by atoms with E-state index in [4.69, 9.17) is 5.73 Å². The maximum atomic E-state index is 11.7. The van der Waals surface area contributed by atoms with E-state index in [1.54, 1.807) is 0 Å². The van der Waals surface area contributed by atoms with Crippen molar-refractivity contribution in [3.63, 3.8) is 0 Å². The Morgan fingerprint density at radius 3 is 3.00 bits per heavy atom. The minimum atomic E-state index is -0.104. The number of amides is 1. The van der Waals surface area contributed by atoms with E-state index in [0.717, 1.165) is 37.2 Å². The number of hydrogen-bond acceptors (Lipinski definition) is 5. The summed E-state index contributed by atoms with van der Waals surface area (Å²) < 4.78 is 3.65.